The summed E-state index contributed by atoms with van der Waals surface area (Å²) in [6.07, 6.45) is 10.2. The van der Waals surface area contributed by atoms with Gasteiger partial charge in [0.05, 0.1) is 0 Å². The number of alkyl halides is 3. The first-order valence-electron chi connectivity index (χ1n) is 10.2. The molecule has 3 nitrogen and oxygen atoms in total. The van der Waals surface area contributed by atoms with Gasteiger partial charge in [0.25, 0.3) is 0 Å². The van der Waals surface area contributed by atoms with Gasteiger partial charge in [-0.2, -0.15) is 21.6 Å². The van der Waals surface area contributed by atoms with E-state index in [2.05, 4.69) is 11.1 Å². The molecule has 0 amide bonds. The van der Waals surface area contributed by atoms with Crippen molar-refractivity contribution < 1.29 is 25.8 Å². The summed E-state index contributed by atoms with van der Waals surface area (Å²) in [7, 11) is -5.59. The highest BCUT2D eigenvalue weighted by molar-refractivity contribution is 7.87. The molecule has 0 aromatic carbocycles. The number of allylic oxidation sites excluding steroid dienone is 2. The molecule has 4 aliphatic rings. The van der Waals surface area contributed by atoms with Crippen molar-refractivity contribution in [3.05, 3.63) is 11.8 Å². The molecule has 0 aliphatic heterocycles. The van der Waals surface area contributed by atoms with Crippen LogP contribution in [0.4, 0.5) is 13.2 Å². The molecule has 0 saturated heterocycles. The van der Waals surface area contributed by atoms with Crippen LogP contribution in [0.2, 0.25) is 0 Å². The topological polar surface area (TPSA) is 43.4 Å². The molecule has 0 spiro atoms. The zero-order chi connectivity index (χ0) is 19.6. The van der Waals surface area contributed by atoms with Crippen molar-refractivity contribution in [1.29, 1.82) is 0 Å². The lowest BCUT2D eigenvalue weighted by Crippen LogP contribution is -2.46. The maximum absolute atomic E-state index is 12.8. The molecule has 0 aromatic rings. The first-order valence-corrected chi connectivity index (χ1v) is 11.6. The van der Waals surface area contributed by atoms with Crippen LogP contribution < -0.4 is 0 Å². The van der Waals surface area contributed by atoms with Gasteiger partial charge in [-0.15, -0.1) is 0 Å². The standard InChI is InChI=1S/C20H29F3O3S/c1-12-3-4-13-11-16-14(10-15(13)9-12)7-8-19(2)17(16)5-6-18(19)26-27(24,25)20(21,22)23/h6,12-17H,3-5,7-11H2,1-2H3/t12-,13-,14+,15-,16+,17-,19-/m0/s1. The molecule has 0 heterocycles. The first kappa shape index (κ1) is 19.6. The van der Waals surface area contributed by atoms with Crippen molar-refractivity contribution in [2.24, 2.45) is 40.9 Å². The van der Waals surface area contributed by atoms with Gasteiger partial charge >= 0.3 is 15.6 Å². The van der Waals surface area contributed by atoms with E-state index in [0.717, 1.165) is 30.6 Å². The van der Waals surface area contributed by atoms with Crippen LogP contribution in [-0.4, -0.2) is 13.9 Å². The largest absolute Gasteiger partial charge is 0.534 e. The van der Waals surface area contributed by atoms with E-state index in [0.29, 0.717) is 24.7 Å². The zero-order valence-electron chi connectivity index (χ0n) is 16.0. The van der Waals surface area contributed by atoms with Gasteiger partial charge in [-0.1, -0.05) is 20.3 Å². The Kier molecular flexibility index (Phi) is 4.64. The first-order chi connectivity index (χ1) is 12.5. The summed E-state index contributed by atoms with van der Waals surface area (Å²) in [6, 6.07) is 0. The lowest BCUT2D eigenvalue weighted by molar-refractivity contribution is -0.0589. The van der Waals surface area contributed by atoms with Gasteiger partial charge in [0, 0.05) is 5.41 Å². The van der Waals surface area contributed by atoms with Gasteiger partial charge in [-0.05, 0) is 86.5 Å². The molecule has 27 heavy (non-hydrogen) atoms. The maximum atomic E-state index is 12.8. The van der Waals surface area contributed by atoms with E-state index in [1.54, 1.807) is 6.08 Å². The van der Waals surface area contributed by atoms with Gasteiger partial charge in [-0.3, -0.25) is 0 Å². The molecule has 0 unspecified atom stereocenters. The molecule has 0 radical (unpaired) electrons. The second-order valence-corrected chi connectivity index (χ2v) is 11.2. The van der Waals surface area contributed by atoms with Crippen LogP contribution in [0.1, 0.15) is 65.2 Å². The number of hydrogen-bond donors (Lipinski definition) is 0. The predicted molar refractivity (Wildman–Crippen MR) is 95.8 cm³/mol. The molecule has 3 fully saturated rings. The summed E-state index contributed by atoms with van der Waals surface area (Å²) in [5.41, 5.74) is -5.97. The fraction of sp³-hybridized carbons (Fsp3) is 0.900. The summed E-state index contributed by atoms with van der Waals surface area (Å²) in [5, 5.41) is 0. The SMILES string of the molecule is C[C@H]1CC[C@H]2C[C@@H]3[C@H](CC[C@]4(C)C(OS(=O)(=O)C(F)(F)F)=CC[C@@H]34)C[C@@H]2C1. The highest BCUT2D eigenvalue weighted by Crippen LogP contribution is 2.62. The molecule has 0 N–H and O–H groups in total. The molecule has 154 valence electrons. The van der Waals surface area contributed by atoms with Gasteiger partial charge in [0.2, 0.25) is 0 Å². The number of fused-ring (bicyclic) bond motifs is 4. The Balaban J connectivity index is 1.52. The molecule has 0 bridgehead atoms. The summed E-state index contributed by atoms with van der Waals surface area (Å²) >= 11 is 0. The van der Waals surface area contributed by atoms with Crippen LogP contribution in [0.5, 0.6) is 0 Å². The Morgan fingerprint density at radius 1 is 1.07 bits per heavy atom. The summed E-state index contributed by atoms with van der Waals surface area (Å²) in [4.78, 5) is 0. The third kappa shape index (κ3) is 3.22. The van der Waals surface area contributed by atoms with E-state index in [-0.39, 0.29) is 11.7 Å². The lowest BCUT2D eigenvalue weighted by Gasteiger charge is -2.54. The fourth-order valence-corrected chi connectivity index (χ4v) is 7.33. The zero-order valence-corrected chi connectivity index (χ0v) is 16.8. The molecule has 3 saturated carbocycles. The lowest BCUT2D eigenvalue weighted by atomic mass is 9.51. The average molecular weight is 407 g/mol. The second-order valence-electron chi connectivity index (χ2n) is 9.68. The predicted octanol–water partition coefficient (Wildman–Crippen LogP) is 5.64. The minimum absolute atomic E-state index is 0.0302. The van der Waals surface area contributed by atoms with Gasteiger partial charge < -0.3 is 4.18 Å². The summed E-state index contributed by atoms with van der Waals surface area (Å²) in [5.74, 6) is 3.67. The monoisotopic (exact) mass is 406 g/mol. The van der Waals surface area contributed by atoms with E-state index in [4.69, 9.17) is 0 Å². The second kappa shape index (κ2) is 6.39. The minimum Gasteiger partial charge on any atom is -0.380 e. The third-order valence-corrected chi connectivity index (χ3v) is 9.13. The van der Waals surface area contributed by atoms with Crippen molar-refractivity contribution in [2.45, 2.75) is 70.7 Å². The van der Waals surface area contributed by atoms with Crippen molar-refractivity contribution in [2.75, 3.05) is 0 Å². The van der Waals surface area contributed by atoms with E-state index >= 15 is 0 Å². The van der Waals surface area contributed by atoms with E-state index in [9.17, 15) is 21.6 Å². The van der Waals surface area contributed by atoms with Crippen LogP contribution in [0.15, 0.2) is 11.8 Å². The van der Waals surface area contributed by atoms with Crippen LogP contribution in [0, 0.1) is 40.9 Å². The van der Waals surface area contributed by atoms with Gasteiger partial charge in [0.1, 0.15) is 5.76 Å². The number of hydrogen-bond acceptors (Lipinski definition) is 3. The normalized spacial score (nSPS) is 44.7. The Hall–Kier alpha value is -0.720. The fourth-order valence-electron chi connectivity index (χ4n) is 6.74. The molecule has 7 atom stereocenters. The summed E-state index contributed by atoms with van der Waals surface area (Å²) in [6.45, 7) is 4.25. The van der Waals surface area contributed by atoms with Crippen LogP contribution in [-0.2, 0) is 14.3 Å². The minimum atomic E-state index is -5.59. The Labute approximate surface area is 159 Å². The Morgan fingerprint density at radius 2 is 1.81 bits per heavy atom. The third-order valence-electron chi connectivity index (χ3n) is 8.16. The van der Waals surface area contributed by atoms with Crippen LogP contribution >= 0.6 is 0 Å². The highest BCUT2D eigenvalue weighted by atomic mass is 32.2. The molecule has 4 aliphatic carbocycles. The quantitative estimate of drug-likeness (QED) is 0.441. The van der Waals surface area contributed by atoms with Gasteiger partial charge in [-0.25, -0.2) is 0 Å². The summed E-state index contributed by atoms with van der Waals surface area (Å²) < 4.78 is 66.1. The van der Waals surface area contributed by atoms with Crippen molar-refractivity contribution in [1.82, 2.24) is 0 Å². The van der Waals surface area contributed by atoms with Crippen molar-refractivity contribution in [3.8, 4) is 0 Å². The number of halogens is 3. The smallest absolute Gasteiger partial charge is 0.380 e. The molecule has 7 heteroatoms. The van der Waals surface area contributed by atoms with E-state index in [1.165, 1.54) is 25.7 Å². The number of rotatable bonds is 2. The Morgan fingerprint density at radius 3 is 2.52 bits per heavy atom. The van der Waals surface area contributed by atoms with Crippen molar-refractivity contribution in [3.63, 3.8) is 0 Å². The van der Waals surface area contributed by atoms with Crippen LogP contribution in [0.3, 0.4) is 0 Å². The average Bonchev–Trinajstić information content (AvgIpc) is 2.89. The van der Waals surface area contributed by atoms with Crippen molar-refractivity contribution >= 4 is 10.1 Å². The molecular formula is C20H29F3O3S. The Bertz CT molecular complexity index is 729. The molecular weight excluding hydrogens is 377 g/mol. The van der Waals surface area contributed by atoms with E-state index < -0.39 is 21.0 Å². The molecule has 4 rings (SSSR count). The maximum Gasteiger partial charge on any atom is 0.534 e. The van der Waals surface area contributed by atoms with Gasteiger partial charge in [0.15, 0.2) is 0 Å². The molecule has 0 aromatic heterocycles. The van der Waals surface area contributed by atoms with Crippen LogP contribution in [0.25, 0.3) is 0 Å². The highest BCUT2D eigenvalue weighted by Gasteiger charge is 2.57. The van der Waals surface area contributed by atoms with E-state index in [1.807, 2.05) is 6.92 Å².